The first-order valence-corrected chi connectivity index (χ1v) is 10.5. The molecule has 1 atom stereocenters. The van der Waals surface area contributed by atoms with Crippen LogP contribution >= 0.6 is 0 Å². The summed E-state index contributed by atoms with van der Waals surface area (Å²) in [4.78, 5) is 36.0. The highest BCUT2D eigenvalue weighted by Crippen LogP contribution is 2.44. The number of nitrogens with one attached hydrogen (secondary N) is 2. The van der Waals surface area contributed by atoms with Crippen molar-refractivity contribution in [1.29, 1.82) is 0 Å². The Balaban J connectivity index is 1.58. The summed E-state index contributed by atoms with van der Waals surface area (Å²) in [5.74, 6) is -1.68. The van der Waals surface area contributed by atoms with Crippen LogP contribution in [0.25, 0.3) is 11.1 Å². The lowest BCUT2D eigenvalue weighted by Gasteiger charge is -2.26. The third-order valence-electron chi connectivity index (χ3n) is 5.42. The van der Waals surface area contributed by atoms with Gasteiger partial charge in [0.1, 0.15) is 12.6 Å². The number of carboxylic acids is 1. The topological polar surface area (TPSA) is 105 Å². The molecule has 0 radical (unpaired) electrons. The van der Waals surface area contributed by atoms with E-state index in [9.17, 15) is 14.4 Å². The molecule has 0 aliphatic heterocycles. The molecule has 1 unspecified atom stereocenters. The smallest absolute Gasteiger partial charge is 0.407 e. The molecule has 7 heteroatoms. The molecule has 0 bridgehead atoms. The normalized spacial score (nSPS) is 13.4. The van der Waals surface area contributed by atoms with E-state index in [4.69, 9.17) is 9.84 Å². The highest BCUT2D eigenvalue weighted by Gasteiger charge is 2.31. The summed E-state index contributed by atoms with van der Waals surface area (Å²) in [5.41, 5.74) is 3.58. The van der Waals surface area contributed by atoms with Gasteiger partial charge in [-0.15, -0.1) is 6.58 Å². The second kappa shape index (κ2) is 9.68. The zero-order valence-corrected chi connectivity index (χ0v) is 18.3. The summed E-state index contributed by atoms with van der Waals surface area (Å²) in [6, 6.07) is 15.1. The molecule has 0 spiro atoms. The van der Waals surface area contributed by atoms with Crippen LogP contribution in [0.15, 0.2) is 61.2 Å². The molecule has 168 valence electrons. The molecule has 0 saturated heterocycles. The van der Waals surface area contributed by atoms with Gasteiger partial charge in [0.15, 0.2) is 0 Å². The Kier molecular flexibility index (Phi) is 6.98. The van der Waals surface area contributed by atoms with Crippen molar-refractivity contribution in [2.45, 2.75) is 44.2 Å². The summed E-state index contributed by atoms with van der Waals surface area (Å²) >= 11 is 0. The molecule has 2 amide bonds. The molecule has 2 aromatic carbocycles. The molecule has 7 nitrogen and oxygen atoms in total. The number of ether oxygens (including phenoxy) is 1. The summed E-state index contributed by atoms with van der Waals surface area (Å²) in [5, 5.41) is 14.3. The van der Waals surface area contributed by atoms with Crippen molar-refractivity contribution in [3.05, 3.63) is 72.3 Å². The van der Waals surface area contributed by atoms with Crippen LogP contribution in [0.1, 0.15) is 43.7 Å². The first-order chi connectivity index (χ1) is 15.2. The number of rotatable bonds is 9. The lowest BCUT2D eigenvalue weighted by molar-refractivity contribution is -0.141. The highest BCUT2D eigenvalue weighted by atomic mass is 16.5. The molecule has 0 saturated carbocycles. The first-order valence-electron chi connectivity index (χ1n) is 10.5. The summed E-state index contributed by atoms with van der Waals surface area (Å²) in [6.45, 7) is 7.02. The number of carboxylic acid groups (broad SMARTS) is 1. The minimum absolute atomic E-state index is 0.0604. The fourth-order valence-electron chi connectivity index (χ4n) is 3.99. The van der Waals surface area contributed by atoms with E-state index < -0.39 is 29.6 Å². The molecular formula is C25H28N2O5. The molecule has 3 N–H and O–H groups in total. The number of carbonyl (C=O) groups excluding carboxylic acids is 2. The summed E-state index contributed by atoms with van der Waals surface area (Å²) < 4.78 is 5.53. The number of hydrogen-bond acceptors (Lipinski definition) is 4. The Morgan fingerprint density at radius 3 is 2.19 bits per heavy atom. The lowest BCUT2D eigenvalue weighted by atomic mass is 9.98. The van der Waals surface area contributed by atoms with Crippen LogP contribution in [0, 0.1) is 0 Å². The molecule has 0 heterocycles. The van der Waals surface area contributed by atoms with Gasteiger partial charge in [-0.25, -0.2) is 9.59 Å². The average Bonchev–Trinajstić information content (AvgIpc) is 3.05. The van der Waals surface area contributed by atoms with Crippen molar-refractivity contribution in [3.8, 4) is 11.1 Å². The van der Waals surface area contributed by atoms with Gasteiger partial charge in [0, 0.05) is 17.9 Å². The summed E-state index contributed by atoms with van der Waals surface area (Å²) in [6.07, 6.45) is 0.809. The van der Waals surface area contributed by atoms with E-state index in [1.165, 1.54) is 6.08 Å². The van der Waals surface area contributed by atoms with Crippen molar-refractivity contribution in [3.63, 3.8) is 0 Å². The third-order valence-corrected chi connectivity index (χ3v) is 5.42. The van der Waals surface area contributed by atoms with Gasteiger partial charge in [0.25, 0.3) is 0 Å². The van der Waals surface area contributed by atoms with Gasteiger partial charge in [0.2, 0.25) is 5.91 Å². The van der Waals surface area contributed by atoms with E-state index in [1.807, 2.05) is 36.4 Å². The van der Waals surface area contributed by atoms with Gasteiger partial charge >= 0.3 is 12.1 Å². The van der Waals surface area contributed by atoms with Crippen LogP contribution in [0.4, 0.5) is 4.79 Å². The second-order valence-electron chi connectivity index (χ2n) is 8.49. The molecule has 1 aliphatic rings. The minimum Gasteiger partial charge on any atom is -0.480 e. The van der Waals surface area contributed by atoms with Crippen LogP contribution in [-0.2, 0) is 14.3 Å². The maximum absolute atomic E-state index is 12.5. The standard InChI is InChI=1S/C25H28N2O5/c1-4-9-21(23(29)30)26-22(28)14-25(2,3)27-24(31)32-15-20-18-12-7-5-10-16(18)17-11-6-8-13-19(17)20/h4-8,10-13,20-21H,1,9,14-15H2,2-3H3,(H,26,28)(H,27,31)(H,29,30). The van der Waals surface area contributed by atoms with Crippen LogP contribution in [0.5, 0.6) is 0 Å². The Morgan fingerprint density at radius 2 is 1.66 bits per heavy atom. The Bertz CT molecular complexity index is 985. The van der Waals surface area contributed by atoms with Gasteiger partial charge in [-0.1, -0.05) is 54.6 Å². The zero-order valence-electron chi connectivity index (χ0n) is 18.3. The molecule has 0 fully saturated rings. The van der Waals surface area contributed by atoms with E-state index >= 15 is 0 Å². The van der Waals surface area contributed by atoms with Gasteiger partial charge in [-0.3, -0.25) is 4.79 Å². The van der Waals surface area contributed by atoms with Crippen molar-refractivity contribution in [1.82, 2.24) is 10.6 Å². The maximum atomic E-state index is 12.5. The van der Waals surface area contributed by atoms with E-state index in [2.05, 4.69) is 29.3 Å². The Morgan fingerprint density at radius 1 is 1.09 bits per heavy atom. The molecular weight excluding hydrogens is 408 g/mol. The van der Waals surface area contributed by atoms with Gasteiger partial charge in [0.05, 0.1) is 0 Å². The van der Waals surface area contributed by atoms with E-state index in [1.54, 1.807) is 13.8 Å². The number of aliphatic carboxylic acids is 1. The van der Waals surface area contributed by atoms with Crippen molar-refractivity contribution < 1.29 is 24.2 Å². The lowest BCUT2D eigenvalue weighted by Crippen LogP contribution is -2.49. The number of hydrogen-bond donors (Lipinski definition) is 3. The number of alkyl carbamates (subject to hydrolysis) is 1. The molecule has 0 aromatic heterocycles. The highest BCUT2D eigenvalue weighted by molar-refractivity contribution is 5.84. The molecule has 32 heavy (non-hydrogen) atoms. The summed E-state index contributed by atoms with van der Waals surface area (Å²) in [7, 11) is 0. The molecule has 2 aromatic rings. The fraction of sp³-hybridized carbons (Fsp3) is 0.320. The monoisotopic (exact) mass is 436 g/mol. The van der Waals surface area contributed by atoms with Crippen LogP contribution in [-0.4, -0.2) is 41.3 Å². The zero-order chi connectivity index (χ0) is 23.3. The third kappa shape index (κ3) is 5.35. The fourth-order valence-corrected chi connectivity index (χ4v) is 3.99. The van der Waals surface area contributed by atoms with Gasteiger partial charge < -0.3 is 20.5 Å². The largest absolute Gasteiger partial charge is 0.480 e. The maximum Gasteiger partial charge on any atom is 0.407 e. The second-order valence-corrected chi connectivity index (χ2v) is 8.49. The van der Waals surface area contributed by atoms with Crippen LogP contribution in [0.3, 0.4) is 0 Å². The first kappa shape index (κ1) is 23.1. The van der Waals surface area contributed by atoms with Crippen molar-refractivity contribution in [2.24, 2.45) is 0 Å². The number of fused-ring (bicyclic) bond motifs is 3. The van der Waals surface area contributed by atoms with E-state index in [0.29, 0.717) is 0 Å². The molecule has 3 rings (SSSR count). The number of amides is 2. The molecule has 1 aliphatic carbocycles. The predicted molar refractivity (Wildman–Crippen MR) is 121 cm³/mol. The van der Waals surface area contributed by atoms with Crippen molar-refractivity contribution >= 4 is 18.0 Å². The quantitative estimate of drug-likeness (QED) is 0.518. The number of benzene rings is 2. The van der Waals surface area contributed by atoms with Crippen molar-refractivity contribution in [2.75, 3.05) is 6.61 Å². The Labute approximate surface area is 187 Å². The van der Waals surface area contributed by atoms with Crippen LogP contribution < -0.4 is 10.6 Å². The van der Waals surface area contributed by atoms with Crippen LogP contribution in [0.2, 0.25) is 0 Å². The SMILES string of the molecule is C=CCC(NC(=O)CC(C)(C)NC(=O)OCC1c2ccccc2-c2ccccc21)C(=O)O. The van der Waals surface area contributed by atoms with Gasteiger partial charge in [-0.2, -0.15) is 0 Å². The van der Waals surface area contributed by atoms with Gasteiger partial charge in [-0.05, 0) is 42.5 Å². The minimum atomic E-state index is -1.14. The number of carbonyl (C=O) groups is 3. The van der Waals surface area contributed by atoms with E-state index in [0.717, 1.165) is 22.3 Å². The average molecular weight is 437 g/mol. The van der Waals surface area contributed by atoms with E-state index in [-0.39, 0.29) is 25.4 Å². The predicted octanol–water partition coefficient (Wildman–Crippen LogP) is 3.84. The Hall–Kier alpha value is -3.61.